The molecule has 0 saturated heterocycles. The van der Waals surface area contributed by atoms with E-state index in [0.29, 0.717) is 51.6 Å². The Morgan fingerprint density at radius 2 is 1.84 bits per heavy atom. The number of methoxy groups -OCH3 is 1. The molecule has 0 unspecified atom stereocenters. The summed E-state index contributed by atoms with van der Waals surface area (Å²) < 4.78 is 6.95. The van der Waals surface area contributed by atoms with Crippen LogP contribution in [0.5, 0.6) is 5.75 Å². The number of aromatic amines is 1. The van der Waals surface area contributed by atoms with E-state index in [2.05, 4.69) is 10.1 Å². The molecule has 2 aliphatic rings. The van der Waals surface area contributed by atoms with Gasteiger partial charge in [-0.15, -0.1) is 0 Å². The van der Waals surface area contributed by atoms with E-state index >= 15 is 0 Å². The summed E-state index contributed by atoms with van der Waals surface area (Å²) in [7, 11) is 1.61. The molecule has 2 aromatic carbocycles. The van der Waals surface area contributed by atoms with Crippen LogP contribution in [0.15, 0.2) is 41.2 Å². The third-order valence-electron chi connectivity index (χ3n) is 5.23. The van der Waals surface area contributed by atoms with E-state index in [-0.39, 0.29) is 11.5 Å². The van der Waals surface area contributed by atoms with Gasteiger partial charge in [0.2, 0.25) is 0 Å². The van der Waals surface area contributed by atoms with Crippen molar-refractivity contribution in [3.63, 3.8) is 0 Å². The molecule has 32 heavy (non-hydrogen) atoms. The van der Waals surface area contributed by atoms with E-state index in [1.54, 1.807) is 23.9 Å². The molecule has 3 N–H and O–H groups in total. The number of fused-ring (bicyclic) bond motifs is 1. The summed E-state index contributed by atoms with van der Waals surface area (Å²) >= 11 is 13.1. The predicted molar refractivity (Wildman–Crippen MR) is 126 cm³/mol. The first-order valence-electron chi connectivity index (χ1n) is 10.1. The first kappa shape index (κ1) is 22.3. The fraction of sp³-hybridized carbons (Fsp3) is 0.261. The maximum absolute atomic E-state index is 13.1. The Hall–Kier alpha value is -2.87. The van der Waals surface area contributed by atoms with Crippen molar-refractivity contribution in [2.75, 3.05) is 7.11 Å². The van der Waals surface area contributed by atoms with Crippen molar-refractivity contribution in [3.05, 3.63) is 79.4 Å². The Balaban J connectivity index is 1.91. The van der Waals surface area contributed by atoms with Gasteiger partial charge in [0.15, 0.2) is 5.82 Å². The normalized spacial score (nSPS) is 11.5. The van der Waals surface area contributed by atoms with Gasteiger partial charge in [0.05, 0.1) is 22.8 Å². The third-order valence-corrected chi connectivity index (χ3v) is 5.80. The van der Waals surface area contributed by atoms with Crippen LogP contribution in [0.25, 0.3) is 17.1 Å². The predicted octanol–water partition coefficient (Wildman–Crippen LogP) is 4.55. The first-order chi connectivity index (χ1) is 15.3. The number of hydrogen-bond donors (Lipinski definition) is 2. The number of nitrogens with zero attached hydrogens (tertiary/aromatic N) is 3. The van der Waals surface area contributed by atoms with Crippen LogP contribution in [-0.2, 0) is 13.0 Å². The van der Waals surface area contributed by atoms with Crippen molar-refractivity contribution < 1.29 is 4.74 Å². The van der Waals surface area contributed by atoms with Crippen LogP contribution in [0, 0.1) is 0 Å². The van der Waals surface area contributed by atoms with Crippen LogP contribution in [0.3, 0.4) is 0 Å². The number of halogens is 2. The van der Waals surface area contributed by atoms with Gasteiger partial charge in [-0.3, -0.25) is 9.89 Å². The summed E-state index contributed by atoms with van der Waals surface area (Å²) in [6.45, 7) is 4.28. The lowest BCUT2D eigenvalue weighted by Gasteiger charge is -2.12. The van der Waals surface area contributed by atoms with E-state index in [1.165, 1.54) is 0 Å². The van der Waals surface area contributed by atoms with Gasteiger partial charge in [0.1, 0.15) is 22.8 Å². The van der Waals surface area contributed by atoms with Crippen LogP contribution in [0.1, 0.15) is 42.4 Å². The summed E-state index contributed by atoms with van der Waals surface area (Å²) in [5.41, 5.74) is 8.77. The Kier molecular flexibility index (Phi) is 6.24. The zero-order valence-corrected chi connectivity index (χ0v) is 19.5. The molecule has 2 heterocycles. The summed E-state index contributed by atoms with van der Waals surface area (Å²) in [6.07, 6.45) is 0.373. The van der Waals surface area contributed by atoms with Gasteiger partial charge in [0, 0.05) is 13.0 Å². The minimum Gasteiger partial charge on any atom is -0.497 e. The molecule has 0 atom stereocenters. The molecule has 4 rings (SSSR count). The average Bonchev–Trinajstić information content (AvgIpc) is 3.13. The highest BCUT2D eigenvalue weighted by molar-refractivity contribution is 6.37. The number of nitrogens with two attached hydrogens (primary N) is 1. The average molecular weight is 472 g/mol. The number of rotatable bonds is 6. The molecule has 0 fully saturated rings. The molecule has 0 aliphatic carbocycles. The van der Waals surface area contributed by atoms with E-state index in [9.17, 15) is 4.79 Å². The number of nitrogens with one attached hydrogen (secondary N) is 1. The smallest absolute Gasteiger partial charge is 0.284 e. The van der Waals surface area contributed by atoms with Gasteiger partial charge >= 0.3 is 0 Å². The molecule has 2 aliphatic heterocycles. The van der Waals surface area contributed by atoms with Gasteiger partial charge in [-0.1, -0.05) is 49.2 Å². The number of hydrogen-bond acceptors (Lipinski definition) is 5. The van der Waals surface area contributed by atoms with Crippen LogP contribution >= 0.6 is 23.2 Å². The zero-order chi connectivity index (χ0) is 23.0. The molecule has 9 heteroatoms. The summed E-state index contributed by atoms with van der Waals surface area (Å²) in [5, 5.41) is 4.08. The second-order valence-corrected chi connectivity index (χ2v) is 8.61. The highest BCUT2D eigenvalue weighted by Crippen LogP contribution is 2.35. The molecular weight excluding hydrogens is 449 g/mol. The van der Waals surface area contributed by atoms with E-state index in [4.69, 9.17) is 38.7 Å². The van der Waals surface area contributed by atoms with Crippen molar-refractivity contribution in [1.82, 2.24) is 19.7 Å². The van der Waals surface area contributed by atoms with Gasteiger partial charge in [0.25, 0.3) is 5.56 Å². The highest BCUT2D eigenvalue weighted by Gasteiger charge is 2.27. The fourth-order valence-corrected chi connectivity index (χ4v) is 4.37. The molecule has 7 nitrogen and oxygen atoms in total. The number of aromatic nitrogens is 4. The van der Waals surface area contributed by atoms with Crippen molar-refractivity contribution >= 4 is 23.2 Å². The fourth-order valence-electron chi connectivity index (χ4n) is 3.67. The van der Waals surface area contributed by atoms with Crippen LogP contribution in [0.2, 0.25) is 10.0 Å². The standard InChI is InChI=1S/C23H23Cl2N5O2/c1-12(2)20-19-22(30(29-20)21-16(24)8-14(11-26)9-17(21)25)27-18(28-23(19)31)10-13-5-4-6-15(7-13)32-3/h4-9,12,29H,10-11,26H2,1-3H3. The lowest BCUT2D eigenvalue weighted by atomic mass is 10.1. The second-order valence-electron chi connectivity index (χ2n) is 7.80. The molecule has 166 valence electrons. The Labute approximate surface area is 195 Å². The Morgan fingerprint density at radius 1 is 1.12 bits per heavy atom. The molecule has 0 amide bonds. The lowest BCUT2D eigenvalue weighted by Crippen LogP contribution is -2.18. The molecular formula is C23H23Cl2N5O2. The topological polar surface area (TPSA) is 98.8 Å². The van der Waals surface area contributed by atoms with Crippen molar-refractivity contribution in [2.45, 2.75) is 32.7 Å². The Morgan fingerprint density at radius 3 is 2.47 bits per heavy atom. The van der Waals surface area contributed by atoms with Gasteiger partial charge in [-0.2, -0.15) is 4.98 Å². The van der Waals surface area contributed by atoms with Crippen molar-refractivity contribution in [1.29, 1.82) is 0 Å². The maximum atomic E-state index is 13.1. The summed E-state index contributed by atoms with van der Waals surface area (Å²) in [4.78, 5) is 22.0. The van der Waals surface area contributed by atoms with Crippen LogP contribution in [-0.4, -0.2) is 26.9 Å². The maximum Gasteiger partial charge on any atom is 0.284 e. The SMILES string of the molecule is COc1cccc(Cc2nc3n(-c4c(Cl)cc(CN)cc4Cl)[nH]c(C(C)C)c-3c(=O)n2)c1. The third kappa shape index (κ3) is 4.11. The highest BCUT2D eigenvalue weighted by atomic mass is 35.5. The quantitative estimate of drug-likeness (QED) is 0.429. The van der Waals surface area contributed by atoms with Crippen LogP contribution < -0.4 is 16.0 Å². The minimum absolute atomic E-state index is 0.0279. The molecule has 2 aromatic rings. The van der Waals surface area contributed by atoms with Gasteiger partial charge < -0.3 is 10.5 Å². The molecule has 0 aromatic heterocycles. The van der Waals surface area contributed by atoms with E-state index in [1.807, 2.05) is 38.1 Å². The van der Waals surface area contributed by atoms with Crippen molar-refractivity contribution in [2.24, 2.45) is 5.73 Å². The molecule has 0 radical (unpaired) electrons. The number of benzene rings is 2. The first-order valence-corrected chi connectivity index (χ1v) is 10.9. The Bertz CT molecular complexity index is 1290. The van der Waals surface area contributed by atoms with Crippen LogP contribution in [0.4, 0.5) is 0 Å². The van der Waals surface area contributed by atoms with Crippen molar-refractivity contribution in [3.8, 4) is 22.8 Å². The largest absolute Gasteiger partial charge is 0.497 e. The van der Waals surface area contributed by atoms with Gasteiger partial charge in [-0.25, -0.2) is 9.67 Å². The summed E-state index contributed by atoms with van der Waals surface area (Å²) in [6, 6.07) is 11.1. The monoisotopic (exact) mass is 471 g/mol. The number of H-pyrrole nitrogens is 1. The summed E-state index contributed by atoms with van der Waals surface area (Å²) in [5.74, 6) is 1.57. The van der Waals surface area contributed by atoms with Gasteiger partial charge in [-0.05, 0) is 41.3 Å². The second kappa shape index (κ2) is 8.94. The lowest BCUT2D eigenvalue weighted by molar-refractivity contribution is 0.414. The molecule has 0 saturated carbocycles. The molecule has 0 spiro atoms. The van der Waals surface area contributed by atoms with E-state index < -0.39 is 0 Å². The zero-order valence-electron chi connectivity index (χ0n) is 17.9. The minimum atomic E-state index is -0.350. The van der Waals surface area contributed by atoms with E-state index in [0.717, 1.165) is 16.9 Å². The molecule has 0 bridgehead atoms. The number of ether oxygens (including phenoxy) is 1.